The number of hydrogen-bond donors (Lipinski definition) is 1. The van der Waals surface area contributed by atoms with E-state index < -0.39 is 11.7 Å². The monoisotopic (exact) mass is 270 g/mol. The van der Waals surface area contributed by atoms with Gasteiger partial charge in [0.25, 0.3) is 0 Å². The second-order valence-electron chi connectivity index (χ2n) is 4.09. The van der Waals surface area contributed by atoms with Crippen LogP contribution in [0.4, 0.5) is 4.39 Å². The highest BCUT2D eigenvalue weighted by Gasteiger charge is 2.05. The van der Waals surface area contributed by atoms with Gasteiger partial charge in [-0.25, -0.2) is 4.39 Å². The molecule has 0 spiro atoms. The van der Waals surface area contributed by atoms with E-state index in [1.54, 1.807) is 12.1 Å². The fourth-order valence-electron chi connectivity index (χ4n) is 1.67. The van der Waals surface area contributed by atoms with E-state index in [-0.39, 0.29) is 6.61 Å². The summed E-state index contributed by atoms with van der Waals surface area (Å²) in [5.74, 6) is -0.441. The second-order valence-corrected chi connectivity index (χ2v) is 4.09. The molecule has 0 aliphatic carbocycles. The minimum atomic E-state index is -0.520. The van der Waals surface area contributed by atoms with Gasteiger partial charge in [-0.3, -0.25) is 4.79 Å². The van der Waals surface area contributed by atoms with Gasteiger partial charge in [-0.2, -0.15) is 5.26 Å². The molecule has 0 fully saturated rings. The summed E-state index contributed by atoms with van der Waals surface area (Å²) in [7, 11) is 0. The number of amides is 1. The van der Waals surface area contributed by atoms with Crippen LogP contribution in [-0.4, -0.2) is 5.91 Å². The number of nitriles is 1. The van der Waals surface area contributed by atoms with Crippen molar-refractivity contribution in [1.82, 2.24) is 0 Å². The number of hydrogen-bond acceptors (Lipinski definition) is 3. The third-order valence-electron chi connectivity index (χ3n) is 2.72. The Kier molecular flexibility index (Phi) is 3.96. The number of benzene rings is 2. The fraction of sp³-hybridized carbons (Fsp3) is 0.0667. The summed E-state index contributed by atoms with van der Waals surface area (Å²) < 4.78 is 18.6. The lowest BCUT2D eigenvalue weighted by atomic mass is 10.1. The zero-order valence-corrected chi connectivity index (χ0v) is 10.5. The summed E-state index contributed by atoms with van der Waals surface area (Å²) in [6, 6.07) is 12.1. The Balaban J connectivity index is 2.11. The molecule has 0 saturated heterocycles. The predicted molar refractivity (Wildman–Crippen MR) is 70.4 cm³/mol. The normalized spacial score (nSPS) is 9.80. The van der Waals surface area contributed by atoms with E-state index in [0.717, 1.165) is 0 Å². The highest BCUT2D eigenvalue weighted by Crippen LogP contribution is 2.16. The van der Waals surface area contributed by atoms with E-state index in [4.69, 9.17) is 15.7 Å². The van der Waals surface area contributed by atoms with E-state index in [9.17, 15) is 9.18 Å². The molecule has 0 aromatic heterocycles. The molecule has 2 N–H and O–H groups in total. The molecule has 4 nitrogen and oxygen atoms in total. The van der Waals surface area contributed by atoms with Gasteiger partial charge in [-0.15, -0.1) is 0 Å². The van der Waals surface area contributed by atoms with Gasteiger partial charge in [0.1, 0.15) is 18.2 Å². The van der Waals surface area contributed by atoms with Crippen molar-refractivity contribution < 1.29 is 13.9 Å². The van der Waals surface area contributed by atoms with Crippen LogP contribution in [0.15, 0.2) is 42.5 Å². The second kappa shape index (κ2) is 5.85. The van der Waals surface area contributed by atoms with E-state index in [2.05, 4.69) is 0 Å². The highest BCUT2D eigenvalue weighted by molar-refractivity contribution is 5.92. The first-order valence-corrected chi connectivity index (χ1v) is 5.81. The zero-order chi connectivity index (χ0) is 14.5. The van der Waals surface area contributed by atoms with Gasteiger partial charge < -0.3 is 10.5 Å². The Bertz CT molecular complexity index is 675. The topological polar surface area (TPSA) is 76.1 Å². The molecule has 0 bridgehead atoms. The average Bonchev–Trinajstić information content (AvgIpc) is 2.45. The predicted octanol–water partition coefficient (Wildman–Crippen LogP) is 2.38. The maximum Gasteiger partial charge on any atom is 0.248 e. The Labute approximate surface area is 115 Å². The molecule has 100 valence electrons. The standard InChI is InChI=1S/C15H11FN2O2/c16-13-4-1-11(8-17)12(7-13)9-20-14-5-2-10(3-6-14)15(18)19/h1-7H,9H2,(H2,18,19). The number of nitrogens with zero attached hydrogens (tertiary/aromatic N) is 1. The van der Waals surface area contributed by atoms with Crippen LogP contribution in [0.2, 0.25) is 0 Å². The molecule has 5 heteroatoms. The van der Waals surface area contributed by atoms with Gasteiger partial charge in [-0.05, 0) is 42.5 Å². The molecule has 0 saturated carbocycles. The molecular formula is C15H11FN2O2. The molecule has 0 aliphatic heterocycles. The lowest BCUT2D eigenvalue weighted by Crippen LogP contribution is -2.10. The number of rotatable bonds is 4. The van der Waals surface area contributed by atoms with Gasteiger partial charge in [0, 0.05) is 11.1 Å². The number of ether oxygens (including phenoxy) is 1. The molecule has 1 amide bonds. The summed E-state index contributed by atoms with van der Waals surface area (Å²) in [6.07, 6.45) is 0. The fourth-order valence-corrected chi connectivity index (χ4v) is 1.67. The maximum absolute atomic E-state index is 13.1. The summed E-state index contributed by atoms with van der Waals surface area (Å²) in [5, 5.41) is 8.92. The first kappa shape index (κ1) is 13.6. The lowest BCUT2D eigenvalue weighted by molar-refractivity contribution is 0.1000. The van der Waals surface area contributed by atoms with Crippen LogP contribution in [0.25, 0.3) is 0 Å². The quantitative estimate of drug-likeness (QED) is 0.926. The Morgan fingerprint density at radius 1 is 1.25 bits per heavy atom. The van der Waals surface area contributed by atoms with Crippen LogP contribution in [-0.2, 0) is 6.61 Å². The Hall–Kier alpha value is -2.87. The summed E-state index contributed by atoms with van der Waals surface area (Å²) in [5.41, 5.74) is 6.33. The largest absolute Gasteiger partial charge is 0.489 e. The van der Waals surface area contributed by atoms with Crippen LogP contribution in [0.1, 0.15) is 21.5 Å². The Morgan fingerprint density at radius 3 is 2.55 bits per heavy atom. The van der Waals surface area contributed by atoms with Crippen molar-refractivity contribution in [2.75, 3.05) is 0 Å². The maximum atomic E-state index is 13.1. The molecule has 0 unspecified atom stereocenters. The summed E-state index contributed by atoms with van der Waals surface area (Å²) in [6.45, 7) is 0.0660. The summed E-state index contributed by atoms with van der Waals surface area (Å²) in [4.78, 5) is 10.9. The lowest BCUT2D eigenvalue weighted by Gasteiger charge is -2.08. The minimum absolute atomic E-state index is 0.0660. The van der Waals surface area contributed by atoms with Crippen molar-refractivity contribution in [3.05, 3.63) is 65.0 Å². The molecule has 20 heavy (non-hydrogen) atoms. The first-order chi connectivity index (χ1) is 9.60. The molecule has 2 aromatic rings. The first-order valence-electron chi connectivity index (χ1n) is 5.81. The molecule has 0 heterocycles. The average molecular weight is 270 g/mol. The van der Waals surface area contributed by atoms with Crippen molar-refractivity contribution in [1.29, 1.82) is 5.26 Å². The third kappa shape index (κ3) is 3.12. The summed E-state index contributed by atoms with van der Waals surface area (Å²) >= 11 is 0. The molecule has 2 aromatic carbocycles. The molecular weight excluding hydrogens is 259 g/mol. The number of primary amides is 1. The van der Waals surface area contributed by atoms with Crippen molar-refractivity contribution in [2.45, 2.75) is 6.61 Å². The van der Waals surface area contributed by atoms with Crippen LogP contribution in [0.3, 0.4) is 0 Å². The van der Waals surface area contributed by atoms with E-state index in [1.807, 2.05) is 6.07 Å². The van der Waals surface area contributed by atoms with Crippen molar-refractivity contribution in [3.63, 3.8) is 0 Å². The molecule has 0 radical (unpaired) electrons. The van der Waals surface area contributed by atoms with Gasteiger partial charge in [-0.1, -0.05) is 0 Å². The SMILES string of the molecule is N#Cc1ccc(F)cc1COc1ccc(C(N)=O)cc1. The molecule has 0 aliphatic rings. The van der Waals surface area contributed by atoms with Crippen LogP contribution in [0.5, 0.6) is 5.75 Å². The molecule has 2 rings (SSSR count). The van der Waals surface area contributed by atoms with Crippen LogP contribution in [0, 0.1) is 17.1 Å². The van der Waals surface area contributed by atoms with Gasteiger partial charge in [0.2, 0.25) is 5.91 Å². The van der Waals surface area contributed by atoms with Crippen molar-refractivity contribution >= 4 is 5.91 Å². The number of carbonyl (C=O) groups is 1. The van der Waals surface area contributed by atoms with Crippen LogP contribution >= 0.6 is 0 Å². The number of nitrogens with two attached hydrogens (primary N) is 1. The van der Waals surface area contributed by atoms with Crippen LogP contribution < -0.4 is 10.5 Å². The number of halogens is 1. The van der Waals surface area contributed by atoms with E-state index >= 15 is 0 Å². The third-order valence-corrected chi connectivity index (χ3v) is 2.72. The zero-order valence-electron chi connectivity index (χ0n) is 10.5. The van der Waals surface area contributed by atoms with Crippen molar-refractivity contribution in [3.8, 4) is 11.8 Å². The van der Waals surface area contributed by atoms with E-state index in [0.29, 0.717) is 22.4 Å². The minimum Gasteiger partial charge on any atom is -0.489 e. The smallest absolute Gasteiger partial charge is 0.248 e. The van der Waals surface area contributed by atoms with Gasteiger partial charge >= 0.3 is 0 Å². The highest BCUT2D eigenvalue weighted by atomic mass is 19.1. The Morgan fingerprint density at radius 2 is 1.95 bits per heavy atom. The number of carbonyl (C=O) groups excluding carboxylic acids is 1. The van der Waals surface area contributed by atoms with E-state index in [1.165, 1.54) is 30.3 Å². The van der Waals surface area contributed by atoms with Crippen molar-refractivity contribution in [2.24, 2.45) is 5.73 Å². The molecule has 0 atom stereocenters. The van der Waals surface area contributed by atoms with Gasteiger partial charge in [0.05, 0.1) is 11.6 Å². The van der Waals surface area contributed by atoms with Gasteiger partial charge in [0.15, 0.2) is 0 Å².